The lowest BCUT2D eigenvalue weighted by Gasteiger charge is -2.09. The molecule has 0 saturated heterocycles. The van der Waals surface area contributed by atoms with Crippen molar-refractivity contribution in [3.05, 3.63) is 64.6 Å². The van der Waals surface area contributed by atoms with Crippen LogP contribution in [0, 0.1) is 0 Å². The number of benzene rings is 2. The number of carbonyl (C=O) groups excluding carboxylic acids is 1. The van der Waals surface area contributed by atoms with Crippen molar-refractivity contribution in [1.29, 1.82) is 0 Å². The fourth-order valence-electron chi connectivity index (χ4n) is 1.93. The van der Waals surface area contributed by atoms with E-state index >= 15 is 0 Å². The molecule has 0 aliphatic rings. The standard InChI is InChI=1S/C17H19BrN2O2/c18-15-6-4-5-14(13-15)9-10-19-17(21)20-11-12-22-16-7-2-1-3-8-16/h1-8,13H,9-12H2,(H2,19,20,21). The van der Waals surface area contributed by atoms with Crippen molar-refractivity contribution < 1.29 is 9.53 Å². The molecular formula is C17H19BrN2O2. The summed E-state index contributed by atoms with van der Waals surface area (Å²) in [4.78, 5) is 11.6. The second kappa shape index (κ2) is 9.10. The van der Waals surface area contributed by atoms with Crippen LogP contribution in [0.5, 0.6) is 5.75 Å². The molecule has 0 unspecified atom stereocenters. The maximum Gasteiger partial charge on any atom is 0.314 e. The van der Waals surface area contributed by atoms with E-state index in [0.29, 0.717) is 19.7 Å². The Morgan fingerprint density at radius 2 is 1.77 bits per heavy atom. The first kappa shape index (κ1) is 16.4. The summed E-state index contributed by atoms with van der Waals surface area (Å²) in [5, 5.41) is 5.59. The normalized spacial score (nSPS) is 10.0. The van der Waals surface area contributed by atoms with Crippen LogP contribution >= 0.6 is 15.9 Å². The molecule has 0 saturated carbocycles. The molecule has 0 atom stereocenters. The first-order valence-corrected chi connectivity index (χ1v) is 7.97. The van der Waals surface area contributed by atoms with E-state index < -0.39 is 0 Å². The molecule has 0 fully saturated rings. The Hall–Kier alpha value is -2.01. The highest BCUT2D eigenvalue weighted by Gasteiger charge is 2.00. The predicted octanol–water partition coefficient (Wildman–Crippen LogP) is 3.37. The Kier molecular flexibility index (Phi) is 6.77. The fourth-order valence-corrected chi connectivity index (χ4v) is 2.37. The Bertz CT molecular complexity index is 590. The molecule has 0 bridgehead atoms. The van der Waals surface area contributed by atoms with Crippen LogP contribution in [-0.4, -0.2) is 25.7 Å². The van der Waals surface area contributed by atoms with Crippen LogP contribution in [0.25, 0.3) is 0 Å². The van der Waals surface area contributed by atoms with E-state index in [-0.39, 0.29) is 6.03 Å². The molecule has 5 heteroatoms. The van der Waals surface area contributed by atoms with Crippen molar-refractivity contribution in [2.24, 2.45) is 0 Å². The highest BCUT2D eigenvalue weighted by Crippen LogP contribution is 2.11. The van der Waals surface area contributed by atoms with Gasteiger partial charge in [0.15, 0.2) is 0 Å². The fraction of sp³-hybridized carbons (Fsp3) is 0.235. The third-order valence-corrected chi connectivity index (χ3v) is 3.48. The van der Waals surface area contributed by atoms with E-state index in [4.69, 9.17) is 4.74 Å². The van der Waals surface area contributed by atoms with Gasteiger partial charge >= 0.3 is 6.03 Å². The topological polar surface area (TPSA) is 50.4 Å². The molecule has 2 N–H and O–H groups in total. The molecule has 22 heavy (non-hydrogen) atoms. The number of nitrogens with one attached hydrogen (secondary N) is 2. The van der Waals surface area contributed by atoms with Crippen molar-refractivity contribution in [3.63, 3.8) is 0 Å². The largest absolute Gasteiger partial charge is 0.492 e. The highest BCUT2D eigenvalue weighted by atomic mass is 79.9. The second-order valence-electron chi connectivity index (χ2n) is 4.72. The van der Waals surface area contributed by atoms with Crippen LogP contribution in [0.4, 0.5) is 4.79 Å². The summed E-state index contributed by atoms with van der Waals surface area (Å²) in [5.41, 5.74) is 1.18. The number of hydrogen-bond donors (Lipinski definition) is 2. The van der Waals surface area contributed by atoms with Gasteiger partial charge in [-0.25, -0.2) is 4.79 Å². The van der Waals surface area contributed by atoms with Crippen molar-refractivity contribution >= 4 is 22.0 Å². The molecule has 0 spiro atoms. The first-order chi connectivity index (χ1) is 10.7. The minimum atomic E-state index is -0.174. The summed E-state index contributed by atoms with van der Waals surface area (Å²) in [6, 6.07) is 17.4. The van der Waals surface area contributed by atoms with Gasteiger partial charge in [0.25, 0.3) is 0 Å². The van der Waals surface area contributed by atoms with Crippen LogP contribution in [0.15, 0.2) is 59.1 Å². The van der Waals surface area contributed by atoms with E-state index in [0.717, 1.165) is 16.6 Å². The number of ether oxygens (including phenoxy) is 1. The number of halogens is 1. The van der Waals surface area contributed by atoms with E-state index in [1.807, 2.05) is 54.6 Å². The number of para-hydroxylation sites is 1. The second-order valence-corrected chi connectivity index (χ2v) is 5.64. The van der Waals surface area contributed by atoms with Crippen LogP contribution < -0.4 is 15.4 Å². The lowest BCUT2D eigenvalue weighted by atomic mass is 10.1. The maximum absolute atomic E-state index is 11.6. The summed E-state index contributed by atoms with van der Waals surface area (Å²) >= 11 is 3.43. The van der Waals surface area contributed by atoms with Crippen molar-refractivity contribution in [1.82, 2.24) is 10.6 Å². The first-order valence-electron chi connectivity index (χ1n) is 7.18. The minimum absolute atomic E-state index is 0.174. The van der Waals surface area contributed by atoms with Gasteiger partial charge in [0.2, 0.25) is 0 Å². The predicted molar refractivity (Wildman–Crippen MR) is 91.2 cm³/mol. The summed E-state index contributed by atoms with van der Waals surface area (Å²) in [7, 11) is 0. The Balaban J connectivity index is 1.56. The molecule has 0 aromatic heterocycles. The SMILES string of the molecule is O=C(NCCOc1ccccc1)NCCc1cccc(Br)c1. The van der Waals surface area contributed by atoms with Crippen LogP contribution in [0.1, 0.15) is 5.56 Å². The van der Waals surface area contributed by atoms with Gasteiger partial charge in [-0.1, -0.05) is 46.3 Å². The number of urea groups is 1. The van der Waals surface area contributed by atoms with Gasteiger partial charge in [0.05, 0.1) is 6.54 Å². The molecule has 116 valence electrons. The Morgan fingerprint density at radius 1 is 1.00 bits per heavy atom. The minimum Gasteiger partial charge on any atom is -0.492 e. The zero-order chi connectivity index (χ0) is 15.6. The molecule has 2 aromatic carbocycles. The van der Waals surface area contributed by atoms with Gasteiger partial charge in [0, 0.05) is 11.0 Å². The maximum atomic E-state index is 11.6. The molecule has 0 aliphatic carbocycles. The number of rotatable bonds is 7. The molecule has 2 rings (SSSR count). The monoisotopic (exact) mass is 362 g/mol. The molecule has 0 aliphatic heterocycles. The quantitative estimate of drug-likeness (QED) is 0.741. The average molecular weight is 363 g/mol. The highest BCUT2D eigenvalue weighted by molar-refractivity contribution is 9.10. The summed E-state index contributed by atoms with van der Waals surface area (Å²) in [6.07, 6.45) is 0.799. The number of amides is 2. The molecule has 0 heterocycles. The molecule has 0 radical (unpaired) electrons. The van der Waals surface area contributed by atoms with Crippen molar-refractivity contribution in [3.8, 4) is 5.75 Å². The van der Waals surface area contributed by atoms with Gasteiger partial charge in [-0.3, -0.25) is 0 Å². The third kappa shape index (κ3) is 6.18. The summed E-state index contributed by atoms with van der Waals surface area (Å²) in [5.74, 6) is 0.805. The van der Waals surface area contributed by atoms with Gasteiger partial charge in [-0.05, 0) is 36.2 Å². The van der Waals surface area contributed by atoms with Gasteiger partial charge in [-0.2, -0.15) is 0 Å². The molecule has 2 amide bonds. The van der Waals surface area contributed by atoms with E-state index in [9.17, 15) is 4.79 Å². The van der Waals surface area contributed by atoms with Gasteiger partial charge < -0.3 is 15.4 Å². The van der Waals surface area contributed by atoms with E-state index in [2.05, 4.69) is 26.6 Å². The van der Waals surface area contributed by atoms with Crippen molar-refractivity contribution in [2.45, 2.75) is 6.42 Å². The van der Waals surface area contributed by atoms with E-state index in [1.54, 1.807) is 0 Å². The Labute approximate surface area is 139 Å². The zero-order valence-electron chi connectivity index (χ0n) is 12.2. The van der Waals surface area contributed by atoms with E-state index in [1.165, 1.54) is 5.56 Å². The smallest absolute Gasteiger partial charge is 0.314 e. The molecular weight excluding hydrogens is 344 g/mol. The third-order valence-electron chi connectivity index (χ3n) is 2.99. The number of carbonyl (C=O) groups is 1. The Morgan fingerprint density at radius 3 is 2.55 bits per heavy atom. The number of hydrogen-bond acceptors (Lipinski definition) is 2. The molecule has 2 aromatic rings. The lowest BCUT2D eigenvalue weighted by Crippen LogP contribution is -2.38. The van der Waals surface area contributed by atoms with Gasteiger partial charge in [-0.15, -0.1) is 0 Å². The average Bonchev–Trinajstić information content (AvgIpc) is 2.53. The van der Waals surface area contributed by atoms with Gasteiger partial charge in [0.1, 0.15) is 12.4 Å². The summed E-state index contributed by atoms with van der Waals surface area (Å²) in [6.45, 7) is 1.52. The van der Waals surface area contributed by atoms with Crippen LogP contribution in [0.2, 0.25) is 0 Å². The lowest BCUT2D eigenvalue weighted by molar-refractivity contribution is 0.236. The van der Waals surface area contributed by atoms with Crippen LogP contribution in [-0.2, 0) is 6.42 Å². The zero-order valence-corrected chi connectivity index (χ0v) is 13.8. The molecule has 4 nitrogen and oxygen atoms in total. The van der Waals surface area contributed by atoms with Crippen LogP contribution in [0.3, 0.4) is 0 Å². The summed E-state index contributed by atoms with van der Waals surface area (Å²) < 4.78 is 6.54. The van der Waals surface area contributed by atoms with Crippen molar-refractivity contribution in [2.75, 3.05) is 19.7 Å².